The number of methoxy groups -OCH3 is 1. The molecule has 3 aromatic rings. The van der Waals surface area contributed by atoms with Crippen molar-refractivity contribution in [2.24, 2.45) is 0 Å². The Morgan fingerprint density at radius 1 is 1.30 bits per heavy atom. The Bertz CT molecular complexity index is 1250. The van der Waals surface area contributed by atoms with Crippen molar-refractivity contribution in [3.05, 3.63) is 51.5 Å². The van der Waals surface area contributed by atoms with Crippen molar-refractivity contribution in [1.82, 2.24) is 19.1 Å². The molecule has 0 saturated carbocycles. The van der Waals surface area contributed by atoms with Crippen LogP contribution in [0.1, 0.15) is 31.6 Å². The van der Waals surface area contributed by atoms with Gasteiger partial charge in [-0.25, -0.2) is 14.3 Å². The second kappa shape index (κ2) is 9.20. The quantitative estimate of drug-likeness (QED) is 0.527. The predicted molar refractivity (Wildman–Crippen MR) is 117 cm³/mol. The van der Waals surface area contributed by atoms with Gasteiger partial charge in [-0.1, -0.05) is 23.7 Å². The van der Waals surface area contributed by atoms with Crippen molar-refractivity contribution in [2.75, 3.05) is 12.8 Å². The molecule has 0 bridgehead atoms. The molecule has 0 amide bonds. The van der Waals surface area contributed by atoms with Gasteiger partial charge in [0.2, 0.25) is 5.95 Å². The van der Waals surface area contributed by atoms with Crippen molar-refractivity contribution < 1.29 is 23.8 Å². The summed E-state index contributed by atoms with van der Waals surface area (Å²) in [6.07, 6.45) is -0.851. The Kier molecular flexibility index (Phi) is 6.34. The molecule has 1 saturated heterocycles. The minimum Gasteiger partial charge on any atom is -0.469 e. The van der Waals surface area contributed by atoms with E-state index in [1.165, 1.54) is 29.4 Å². The summed E-state index contributed by atoms with van der Waals surface area (Å²) >= 11 is 5.97. The van der Waals surface area contributed by atoms with Gasteiger partial charge >= 0.3 is 17.6 Å². The molecule has 2 N–H and O–H groups in total. The van der Waals surface area contributed by atoms with Crippen LogP contribution >= 0.6 is 11.6 Å². The molecule has 0 spiro atoms. The predicted octanol–water partition coefficient (Wildman–Crippen LogP) is 1.66. The lowest BCUT2D eigenvalue weighted by Gasteiger charge is -2.19. The van der Waals surface area contributed by atoms with E-state index in [-0.39, 0.29) is 31.0 Å². The summed E-state index contributed by atoms with van der Waals surface area (Å²) in [7, 11) is 1.27. The van der Waals surface area contributed by atoms with Crippen LogP contribution in [0.3, 0.4) is 0 Å². The van der Waals surface area contributed by atoms with Gasteiger partial charge in [0, 0.05) is 18.4 Å². The van der Waals surface area contributed by atoms with Crippen LogP contribution < -0.4 is 11.4 Å². The lowest BCUT2D eigenvalue weighted by Crippen LogP contribution is -2.34. The van der Waals surface area contributed by atoms with E-state index in [2.05, 4.69) is 9.97 Å². The Morgan fingerprint density at radius 2 is 2.03 bits per heavy atom. The maximum absolute atomic E-state index is 13.6. The largest absolute Gasteiger partial charge is 0.469 e. The Labute approximate surface area is 193 Å². The molecule has 174 valence electrons. The molecule has 1 aromatic carbocycles. The highest BCUT2D eigenvalue weighted by Crippen LogP contribution is 2.34. The third-order valence-corrected chi connectivity index (χ3v) is 5.57. The maximum atomic E-state index is 13.6. The summed E-state index contributed by atoms with van der Waals surface area (Å²) in [6, 6.07) is 7.06. The van der Waals surface area contributed by atoms with Gasteiger partial charge in [0.25, 0.3) is 0 Å². The van der Waals surface area contributed by atoms with Gasteiger partial charge in [0.05, 0.1) is 32.4 Å². The number of rotatable bonds is 6. The number of carbonyl (C=O) groups is 2. The van der Waals surface area contributed by atoms with Crippen molar-refractivity contribution in [3.63, 3.8) is 0 Å². The highest BCUT2D eigenvalue weighted by Gasteiger charge is 2.42. The zero-order valence-electron chi connectivity index (χ0n) is 17.9. The normalized spacial score (nSPS) is 20.2. The molecule has 3 atom stereocenters. The van der Waals surface area contributed by atoms with Crippen LogP contribution in [0.25, 0.3) is 11.2 Å². The van der Waals surface area contributed by atoms with Gasteiger partial charge in [-0.05, 0) is 17.7 Å². The van der Waals surface area contributed by atoms with Crippen LogP contribution in [-0.2, 0) is 30.3 Å². The number of hydrogen-bond acceptors (Lipinski definition) is 9. The summed E-state index contributed by atoms with van der Waals surface area (Å²) in [5, 5.41) is 0.574. The van der Waals surface area contributed by atoms with Crippen molar-refractivity contribution in [3.8, 4) is 0 Å². The number of fused-ring (bicyclic) bond motifs is 1. The van der Waals surface area contributed by atoms with E-state index in [0.717, 1.165) is 5.56 Å². The van der Waals surface area contributed by atoms with Crippen LogP contribution in [0.5, 0.6) is 0 Å². The molecule has 3 heterocycles. The summed E-state index contributed by atoms with van der Waals surface area (Å²) in [6.45, 7) is 1.47. The number of imidazole rings is 1. The highest BCUT2D eigenvalue weighted by atomic mass is 35.5. The molecule has 1 aliphatic rings. The second-order valence-electron chi connectivity index (χ2n) is 7.61. The topological polar surface area (TPSA) is 141 Å². The van der Waals surface area contributed by atoms with E-state index in [1.54, 1.807) is 24.3 Å². The van der Waals surface area contributed by atoms with Crippen LogP contribution in [0.15, 0.2) is 35.3 Å². The van der Waals surface area contributed by atoms with Crippen LogP contribution in [0.2, 0.25) is 5.02 Å². The van der Waals surface area contributed by atoms with E-state index in [0.29, 0.717) is 10.5 Å². The monoisotopic (exact) mass is 475 g/mol. The van der Waals surface area contributed by atoms with E-state index >= 15 is 0 Å². The minimum absolute atomic E-state index is 0.0342. The SMILES string of the molecule is COC(=O)C[C@@H]1C[C@@H](OC(C)=O)[C@H](n2c(=O)n(Cc3ccc(Cl)cc3)c3cnc(N)nc32)O1. The molecule has 4 rings (SSSR count). The number of benzene rings is 1. The first-order valence-electron chi connectivity index (χ1n) is 10.1. The molecule has 1 fully saturated rings. The number of carbonyl (C=O) groups excluding carboxylic acids is 2. The first kappa shape index (κ1) is 22.7. The zero-order valence-corrected chi connectivity index (χ0v) is 18.7. The molecule has 33 heavy (non-hydrogen) atoms. The third kappa shape index (κ3) is 4.69. The van der Waals surface area contributed by atoms with Gasteiger partial charge in [-0.3, -0.25) is 14.2 Å². The maximum Gasteiger partial charge on any atom is 0.332 e. The number of anilines is 1. The summed E-state index contributed by atoms with van der Waals surface area (Å²) in [5.41, 5.74) is 6.81. The molecule has 1 aliphatic heterocycles. The van der Waals surface area contributed by atoms with E-state index in [4.69, 9.17) is 31.5 Å². The average Bonchev–Trinajstić information content (AvgIpc) is 3.26. The van der Waals surface area contributed by atoms with Crippen LogP contribution in [-0.4, -0.2) is 50.4 Å². The number of nitrogens with zero attached hydrogens (tertiary/aromatic N) is 4. The number of nitrogens with two attached hydrogens (primary N) is 1. The molecule has 0 radical (unpaired) electrons. The molecule has 12 heteroatoms. The number of nitrogen functional groups attached to an aromatic ring is 1. The molecule has 11 nitrogen and oxygen atoms in total. The smallest absolute Gasteiger partial charge is 0.332 e. The molecule has 0 aliphatic carbocycles. The Morgan fingerprint density at radius 3 is 2.70 bits per heavy atom. The molecule has 0 unspecified atom stereocenters. The fourth-order valence-corrected chi connectivity index (χ4v) is 4.01. The average molecular weight is 476 g/mol. The van der Waals surface area contributed by atoms with Crippen molar-refractivity contribution >= 4 is 40.7 Å². The molecule has 2 aromatic heterocycles. The van der Waals surface area contributed by atoms with Gasteiger partial charge < -0.3 is 19.9 Å². The van der Waals surface area contributed by atoms with Gasteiger partial charge in [-0.2, -0.15) is 4.98 Å². The Balaban J connectivity index is 1.79. The third-order valence-electron chi connectivity index (χ3n) is 5.32. The van der Waals surface area contributed by atoms with Crippen LogP contribution in [0.4, 0.5) is 5.95 Å². The lowest BCUT2D eigenvalue weighted by atomic mass is 10.1. The lowest BCUT2D eigenvalue weighted by molar-refractivity contribution is -0.153. The number of ether oxygens (including phenoxy) is 3. The minimum atomic E-state index is -1.01. The van der Waals surface area contributed by atoms with Gasteiger partial charge in [-0.15, -0.1) is 0 Å². The van der Waals surface area contributed by atoms with E-state index in [1.807, 2.05) is 0 Å². The van der Waals surface area contributed by atoms with Gasteiger partial charge in [0.1, 0.15) is 11.6 Å². The molecular weight excluding hydrogens is 454 g/mol. The van der Waals surface area contributed by atoms with Crippen molar-refractivity contribution in [1.29, 1.82) is 0 Å². The summed E-state index contributed by atoms with van der Waals surface area (Å²) < 4.78 is 18.9. The number of halogens is 1. The Hall–Kier alpha value is -3.44. The second-order valence-corrected chi connectivity index (χ2v) is 8.05. The number of hydrogen-bond donors (Lipinski definition) is 1. The molecular formula is C21H22ClN5O6. The zero-order chi connectivity index (χ0) is 23.7. The highest BCUT2D eigenvalue weighted by molar-refractivity contribution is 6.30. The fourth-order valence-electron chi connectivity index (χ4n) is 3.89. The number of aromatic nitrogens is 4. The number of esters is 2. The summed E-state index contributed by atoms with van der Waals surface area (Å²) in [5.74, 6) is -1.06. The first-order chi connectivity index (χ1) is 15.8. The van der Waals surface area contributed by atoms with Crippen molar-refractivity contribution in [2.45, 2.75) is 44.7 Å². The van der Waals surface area contributed by atoms with Gasteiger partial charge in [0.15, 0.2) is 11.9 Å². The van der Waals surface area contributed by atoms with E-state index < -0.39 is 36.1 Å². The summed E-state index contributed by atoms with van der Waals surface area (Å²) in [4.78, 5) is 45.3. The van der Waals surface area contributed by atoms with Crippen LogP contribution in [0, 0.1) is 0 Å². The standard InChI is InChI=1S/C21H22ClN5O6/c1-11(28)32-16-7-14(8-17(29)31-2)33-19(16)27-18-15(9-24-20(23)25-18)26(21(27)30)10-12-3-5-13(22)6-4-12/h3-6,9,14,16,19H,7-8,10H2,1-2H3,(H2,23,24,25)/t14-,16+,19+/m0/s1. The fraction of sp³-hybridized carbons (Fsp3) is 0.381. The first-order valence-corrected chi connectivity index (χ1v) is 10.5. The van der Waals surface area contributed by atoms with E-state index in [9.17, 15) is 14.4 Å².